The zero-order chi connectivity index (χ0) is 28.0. The first-order valence-corrected chi connectivity index (χ1v) is 13.9. The zero-order valence-corrected chi connectivity index (χ0v) is 23.5. The van der Waals surface area contributed by atoms with Gasteiger partial charge in [-0.3, -0.25) is 9.59 Å². The average molecular weight is 538 g/mol. The summed E-state index contributed by atoms with van der Waals surface area (Å²) in [7, 11) is 1.64. The van der Waals surface area contributed by atoms with Crippen LogP contribution in [-0.4, -0.2) is 53.4 Å². The maximum absolute atomic E-state index is 14.3. The number of hydrogen-bond acceptors (Lipinski definition) is 4. The SMILES string of the molecule is CCCOc1ccc([C@@H]2CN3C(=O)CN(Cc4ccc(C)cc4)C(=O)[C@]3(C)c3[nH]c4ccccc4c32)cc1OC. The Bertz CT molecular complexity index is 1590. The highest BCUT2D eigenvalue weighted by Gasteiger charge is 2.56. The van der Waals surface area contributed by atoms with Crippen LogP contribution in [0.3, 0.4) is 0 Å². The molecule has 0 spiro atoms. The number of aromatic nitrogens is 1. The number of nitrogens with one attached hydrogen (secondary N) is 1. The topological polar surface area (TPSA) is 74.9 Å². The molecule has 2 aliphatic heterocycles. The van der Waals surface area contributed by atoms with Crippen molar-refractivity contribution in [3.8, 4) is 11.5 Å². The molecule has 7 heteroatoms. The lowest BCUT2D eigenvalue weighted by Gasteiger charge is -2.51. The van der Waals surface area contributed by atoms with E-state index in [0.29, 0.717) is 31.2 Å². The van der Waals surface area contributed by atoms with E-state index in [1.807, 2.05) is 74.5 Å². The lowest BCUT2D eigenvalue weighted by Crippen LogP contribution is -2.67. The number of nitrogens with zero attached hydrogens (tertiary/aromatic N) is 2. The maximum atomic E-state index is 14.3. The number of aromatic amines is 1. The van der Waals surface area contributed by atoms with Crippen LogP contribution in [-0.2, 0) is 21.7 Å². The highest BCUT2D eigenvalue weighted by molar-refractivity contribution is 6.01. The first kappa shape index (κ1) is 26.0. The van der Waals surface area contributed by atoms with E-state index in [4.69, 9.17) is 9.47 Å². The van der Waals surface area contributed by atoms with Gasteiger partial charge in [0.2, 0.25) is 5.91 Å². The molecule has 0 radical (unpaired) electrons. The van der Waals surface area contributed by atoms with Crippen LogP contribution in [0.15, 0.2) is 66.7 Å². The Morgan fingerprint density at radius 3 is 2.55 bits per heavy atom. The Morgan fingerprint density at radius 2 is 1.80 bits per heavy atom. The molecule has 4 aromatic rings. The fourth-order valence-electron chi connectivity index (χ4n) is 6.25. The predicted octanol–water partition coefficient (Wildman–Crippen LogP) is 5.51. The second-order valence-corrected chi connectivity index (χ2v) is 11.0. The van der Waals surface area contributed by atoms with Crippen LogP contribution in [0.25, 0.3) is 10.9 Å². The number of carbonyl (C=O) groups is 2. The van der Waals surface area contributed by atoms with Crippen molar-refractivity contribution in [1.82, 2.24) is 14.8 Å². The molecule has 0 unspecified atom stereocenters. The van der Waals surface area contributed by atoms with Gasteiger partial charge in [-0.1, -0.05) is 61.0 Å². The molecule has 2 aliphatic rings. The zero-order valence-electron chi connectivity index (χ0n) is 23.5. The quantitative estimate of drug-likeness (QED) is 0.338. The summed E-state index contributed by atoms with van der Waals surface area (Å²) in [6.07, 6.45) is 0.900. The number of H-pyrrole nitrogens is 1. The van der Waals surface area contributed by atoms with E-state index < -0.39 is 5.54 Å². The summed E-state index contributed by atoms with van der Waals surface area (Å²) < 4.78 is 11.6. The first-order chi connectivity index (χ1) is 19.3. The number of para-hydroxylation sites is 1. The molecule has 2 amide bonds. The van der Waals surface area contributed by atoms with Crippen molar-refractivity contribution in [2.75, 3.05) is 26.8 Å². The lowest BCUT2D eigenvalue weighted by molar-refractivity contribution is -0.166. The van der Waals surface area contributed by atoms with Crippen molar-refractivity contribution in [3.05, 3.63) is 94.7 Å². The highest BCUT2D eigenvalue weighted by Crippen LogP contribution is 2.49. The number of amides is 2. The van der Waals surface area contributed by atoms with Crippen molar-refractivity contribution >= 4 is 22.7 Å². The van der Waals surface area contributed by atoms with Crippen molar-refractivity contribution in [1.29, 1.82) is 0 Å². The molecule has 6 rings (SSSR count). The molecule has 0 saturated carbocycles. The van der Waals surface area contributed by atoms with Crippen LogP contribution in [0.2, 0.25) is 0 Å². The minimum atomic E-state index is -1.14. The summed E-state index contributed by atoms with van der Waals surface area (Å²) in [6.45, 7) is 7.44. The van der Waals surface area contributed by atoms with Crippen LogP contribution in [0.5, 0.6) is 11.5 Å². The summed E-state index contributed by atoms with van der Waals surface area (Å²) in [4.78, 5) is 35.1. The summed E-state index contributed by atoms with van der Waals surface area (Å²) in [5.41, 5.74) is 4.82. The smallest absolute Gasteiger partial charge is 0.255 e. The Morgan fingerprint density at radius 1 is 1.02 bits per heavy atom. The third-order valence-corrected chi connectivity index (χ3v) is 8.36. The second-order valence-electron chi connectivity index (χ2n) is 11.0. The Hall–Kier alpha value is -4.26. The van der Waals surface area contributed by atoms with E-state index in [9.17, 15) is 9.59 Å². The molecular formula is C33H35N3O4. The van der Waals surface area contributed by atoms with E-state index in [1.165, 1.54) is 0 Å². The van der Waals surface area contributed by atoms with Gasteiger partial charge in [0, 0.05) is 29.9 Å². The van der Waals surface area contributed by atoms with Crippen molar-refractivity contribution in [2.45, 2.75) is 45.2 Å². The van der Waals surface area contributed by atoms with Gasteiger partial charge in [0.15, 0.2) is 17.0 Å². The third kappa shape index (κ3) is 4.12. The van der Waals surface area contributed by atoms with Gasteiger partial charge < -0.3 is 24.3 Å². The average Bonchev–Trinajstić information content (AvgIpc) is 3.37. The Labute approximate surface area is 234 Å². The number of aryl methyl sites for hydroxylation is 1. The second kappa shape index (κ2) is 10.0. The van der Waals surface area contributed by atoms with Crippen LogP contribution in [0.1, 0.15) is 54.1 Å². The van der Waals surface area contributed by atoms with Crippen molar-refractivity contribution in [3.63, 3.8) is 0 Å². The van der Waals surface area contributed by atoms with Gasteiger partial charge in [0.1, 0.15) is 6.54 Å². The molecule has 1 fully saturated rings. The third-order valence-electron chi connectivity index (χ3n) is 8.36. The van der Waals surface area contributed by atoms with Gasteiger partial charge in [0.05, 0.1) is 19.4 Å². The number of carbonyl (C=O) groups excluding carboxylic acids is 2. The predicted molar refractivity (Wildman–Crippen MR) is 155 cm³/mol. The van der Waals surface area contributed by atoms with Gasteiger partial charge in [0.25, 0.3) is 5.91 Å². The molecule has 40 heavy (non-hydrogen) atoms. The number of ether oxygens (including phenoxy) is 2. The molecule has 0 bridgehead atoms. The summed E-state index contributed by atoms with van der Waals surface area (Å²) in [5, 5.41) is 1.06. The van der Waals surface area contributed by atoms with E-state index in [2.05, 4.69) is 18.0 Å². The molecule has 7 nitrogen and oxygen atoms in total. The first-order valence-electron chi connectivity index (χ1n) is 13.9. The van der Waals surface area contributed by atoms with Gasteiger partial charge in [-0.05, 0) is 55.2 Å². The molecule has 1 saturated heterocycles. The van der Waals surface area contributed by atoms with E-state index in [1.54, 1.807) is 16.9 Å². The number of piperazine rings is 1. The van der Waals surface area contributed by atoms with Crippen LogP contribution >= 0.6 is 0 Å². The fourth-order valence-corrected chi connectivity index (χ4v) is 6.25. The van der Waals surface area contributed by atoms with Gasteiger partial charge in [-0.25, -0.2) is 0 Å². The summed E-state index contributed by atoms with van der Waals surface area (Å²) in [5.74, 6) is 1.09. The number of benzene rings is 3. The lowest BCUT2D eigenvalue weighted by atomic mass is 9.76. The van der Waals surface area contributed by atoms with E-state index in [-0.39, 0.29) is 24.3 Å². The van der Waals surface area contributed by atoms with Crippen LogP contribution < -0.4 is 9.47 Å². The molecule has 3 aromatic carbocycles. The van der Waals surface area contributed by atoms with Crippen molar-refractivity contribution < 1.29 is 19.1 Å². The number of rotatable bonds is 7. The molecule has 2 atom stereocenters. The number of hydrogen-bond donors (Lipinski definition) is 1. The monoisotopic (exact) mass is 537 g/mol. The molecule has 1 aromatic heterocycles. The molecule has 206 valence electrons. The van der Waals surface area contributed by atoms with E-state index in [0.717, 1.165) is 45.3 Å². The maximum Gasteiger partial charge on any atom is 0.255 e. The largest absolute Gasteiger partial charge is 0.493 e. The summed E-state index contributed by atoms with van der Waals surface area (Å²) >= 11 is 0. The normalized spacial score (nSPS) is 20.4. The van der Waals surface area contributed by atoms with Gasteiger partial charge in [-0.2, -0.15) is 0 Å². The highest BCUT2D eigenvalue weighted by atomic mass is 16.5. The summed E-state index contributed by atoms with van der Waals surface area (Å²) in [6, 6.07) is 22.2. The molecular weight excluding hydrogens is 502 g/mol. The van der Waals surface area contributed by atoms with Crippen LogP contribution in [0, 0.1) is 6.92 Å². The molecule has 3 heterocycles. The fraction of sp³-hybridized carbons (Fsp3) is 0.333. The number of fused-ring (bicyclic) bond motifs is 5. The van der Waals surface area contributed by atoms with Crippen molar-refractivity contribution in [2.24, 2.45) is 0 Å². The minimum absolute atomic E-state index is 0.0533. The van der Waals surface area contributed by atoms with E-state index >= 15 is 0 Å². The molecule has 1 N–H and O–H groups in total. The molecule has 0 aliphatic carbocycles. The van der Waals surface area contributed by atoms with Gasteiger partial charge in [-0.15, -0.1) is 0 Å². The number of methoxy groups -OCH3 is 1. The Balaban J connectivity index is 1.46. The van der Waals surface area contributed by atoms with Gasteiger partial charge >= 0.3 is 0 Å². The minimum Gasteiger partial charge on any atom is -0.493 e. The van der Waals surface area contributed by atoms with Crippen LogP contribution in [0.4, 0.5) is 0 Å². The standard InChI is InChI=1S/C33H35N3O4/c1-5-16-40-27-15-14-23(17-28(27)39-4)25-19-36-29(37)20-35(18-22-12-10-21(2)11-13-22)32(38)33(36,3)31-30(25)24-8-6-7-9-26(24)34-31/h6-15,17,25,34H,5,16,18-20H2,1-4H3/t25-,33-/m0/s1. The Kier molecular flexibility index (Phi) is 6.53.